The van der Waals surface area contributed by atoms with Crippen LogP contribution in [0.4, 0.5) is 0 Å². The Morgan fingerprint density at radius 2 is 2.08 bits per heavy atom. The molecule has 0 amide bonds. The van der Waals surface area contributed by atoms with Crippen molar-refractivity contribution in [2.75, 3.05) is 27.7 Å². The Bertz CT molecular complexity index is 189. The summed E-state index contributed by atoms with van der Waals surface area (Å²) in [6, 6.07) is 0. The van der Waals surface area contributed by atoms with E-state index >= 15 is 0 Å². The summed E-state index contributed by atoms with van der Waals surface area (Å²) in [6.07, 6.45) is 0. The number of nitrogens with one attached hydrogen (secondary N) is 1. The van der Waals surface area contributed by atoms with Gasteiger partial charge in [0.25, 0.3) is 0 Å². The smallest absolute Gasteiger partial charge is 0.200 e. The topological polar surface area (TPSA) is 66.0 Å². The third kappa shape index (κ3) is 2.77. The number of nitrogens with zero attached hydrogens (tertiary/aromatic N) is 3. The van der Waals surface area contributed by atoms with Crippen LogP contribution in [0.2, 0.25) is 0 Å². The van der Waals surface area contributed by atoms with Gasteiger partial charge in [-0.2, -0.15) is 0 Å². The number of nitrogens with two attached hydrogens (primary N) is 1. The predicted molar refractivity (Wildman–Crippen MR) is 54.5 cm³/mol. The highest BCUT2D eigenvalue weighted by molar-refractivity contribution is 5.97. The van der Waals surface area contributed by atoms with E-state index in [0.717, 1.165) is 12.5 Å². The van der Waals surface area contributed by atoms with Crippen LogP contribution in [0.25, 0.3) is 0 Å². The van der Waals surface area contributed by atoms with Crippen molar-refractivity contribution in [3.8, 4) is 0 Å². The molecule has 0 fully saturated rings. The molecule has 0 rings (SSSR count). The number of hydrogen-bond acceptors (Lipinski definition) is 2. The second kappa shape index (κ2) is 5.40. The average Bonchev–Trinajstić information content (AvgIpc) is 2.11. The van der Waals surface area contributed by atoms with E-state index in [4.69, 9.17) is 5.73 Å². The molecule has 0 aliphatic carbocycles. The second-order valence-electron chi connectivity index (χ2n) is 2.22. The zero-order valence-electron chi connectivity index (χ0n) is 8.13. The number of aliphatic imine (C=N–C) groups is 2. The lowest BCUT2D eigenvalue weighted by molar-refractivity contribution is 0.685. The molecule has 0 atom stereocenters. The molecule has 3 N–H and O–H groups in total. The van der Waals surface area contributed by atoms with Gasteiger partial charge >= 0.3 is 0 Å². The van der Waals surface area contributed by atoms with Crippen LogP contribution in [-0.2, 0) is 0 Å². The first-order chi connectivity index (χ1) is 5.67. The van der Waals surface area contributed by atoms with Crippen LogP contribution in [0.5, 0.6) is 0 Å². The Kier molecular flexibility index (Phi) is 4.83. The molecular weight excluding hydrogens is 154 g/mol. The summed E-state index contributed by atoms with van der Waals surface area (Å²) in [7, 11) is 5.16. The van der Waals surface area contributed by atoms with Crippen LogP contribution < -0.4 is 11.1 Å². The number of rotatable bonds is 1. The zero-order chi connectivity index (χ0) is 9.56. The second-order valence-corrected chi connectivity index (χ2v) is 2.22. The van der Waals surface area contributed by atoms with Gasteiger partial charge in [0.15, 0.2) is 11.9 Å². The molecule has 0 spiro atoms. The summed E-state index contributed by atoms with van der Waals surface area (Å²) in [4.78, 5) is 9.55. The van der Waals surface area contributed by atoms with Gasteiger partial charge in [0.05, 0.1) is 0 Å². The summed E-state index contributed by atoms with van der Waals surface area (Å²) in [5.74, 6) is 1.16. The molecule has 0 saturated heterocycles. The Balaban J connectivity index is 0. The number of guanidine groups is 2. The van der Waals surface area contributed by atoms with E-state index in [1.54, 1.807) is 19.0 Å². The maximum absolute atomic E-state index is 5.58. The highest BCUT2D eigenvalue weighted by Gasteiger charge is 2.06. The Hall–Kier alpha value is -1.26. The minimum Gasteiger partial charge on any atom is -0.369 e. The van der Waals surface area contributed by atoms with E-state index in [2.05, 4.69) is 15.3 Å². The van der Waals surface area contributed by atoms with Crippen LogP contribution >= 0.6 is 0 Å². The van der Waals surface area contributed by atoms with Crippen molar-refractivity contribution in [3.05, 3.63) is 0 Å². The molecule has 0 saturated carbocycles. The van der Waals surface area contributed by atoms with Gasteiger partial charge in [-0.05, 0) is 6.92 Å². The highest BCUT2D eigenvalue weighted by Crippen LogP contribution is 1.83. The molecule has 0 aromatic carbocycles. The van der Waals surface area contributed by atoms with Gasteiger partial charge in [0, 0.05) is 29.1 Å². The fourth-order valence-electron chi connectivity index (χ4n) is 0.764. The van der Waals surface area contributed by atoms with Crippen LogP contribution in [0, 0.1) is 0 Å². The van der Waals surface area contributed by atoms with Gasteiger partial charge in [-0.15, -0.1) is 0 Å². The van der Waals surface area contributed by atoms with Crippen molar-refractivity contribution in [2.45, 2.75) is 6.92 Å². The molecule has 0 aliphatic heterocycles. The molecule has 12 heavy (non-hydrogen) atoms. The van der Waals surface area contributed by atoms with Crippen molar-refractivity contribution in [2.24, 2.45) is 15.7 Å². The lowest BCUT2D eigenvalue weighted by Crippen LogP contribution is -2.45. The fraction of sp³-hybridized carbons (Fsp3) is 0.714. The maximum atomic E-state index is 5.58. The highest BCUT2D eigenvalue weighted by atomic mass is 15.3. The molecule has 0 aliphatic rings. The largest absolute Gasteiger partial charge is 0.369 e. The molecule has 0 aromatic heterocycles. The van der Waals surface area contributed by atoms with Gasteiger partial charge in [0.2, 0.25) is 0 Å². The monoisotopic (exact) mass is 173 g/mol. The summed E-state index contributed by atoms with van der Waals surface area (Å²) in [5.41, 5.74) is 5.58. The van der Waals surface area contributed by atoms with E-state index in [1.165, 1.54) is 0 Å². The van der Waals surface area contributed by atoms with Crippen LogP contribution in [0.15, 0.2) is 9.98 Å². The molecular formula is C7H19N5. The minimum absolute atomic E-state index is 0. The summed E-state index contributed by atoms with van der Waals surface area (Å²) < 4.78 is 0. The summed E-state index contributed by atoms with van der Waals surface area (Å²) in [5, 5.41) is 3.06. The molecule has 0 heterocycles. The van der Waals surface area contributed by atoms with E-state index in [9.17, 15) is 0 Å². The molecule has 72 valence electrons. The van der Waals surface area contributed by atoms with Gasteiger partial charge in [0.1, 0.15) is 0 Å². The molecule has 0 aromatic rings. The Labute approximate surface area is 74.9 Å². The summed E-state index contributed by atoms with van der Waals surface area (Å²) in [6.45, 7) is 2.81. The Morgan fingerprint density at radius 3 is 2.42 bits per heavy atom. The van der Waals surface area contributed by atoms with Gasteiger partial charge < -0.3 is 11.1 Å². The maximum Gasteiger partial charge on any atom is 0.200 e. The van der Waals surface area contributed by atoms with Crippen molar-refractivity contribution < 1.29 is 1.43 Å². The molecule has 0 unspecified atom stereocenters. The zero-order valence-corrected chi connectivity index (χ0v) is 8.13. The Morgan fingerprint density at radius 1 is 1.50 bits per heavy atom. The van der Waals surface area contributed by atoms with Crippen LogP contribution in [-0.4, -0.2) is 44.5 Å². The van der Waals surface area contributed by atoms with Gasteiger partial charge in [-0.25, -0.2) is 0 Å². The van der Waals surface area contributed by atoms with E-state index in [1.807, 2.05) is 14.0 Å². The molecule has 5 heteroatoms. The predicted octanol–water partition coefficient (Wildman–Crippen LogP) is -0.296. The first-order valence-corrected chi connectivity index (χ1v) is 3.84. The number of hydrogen-bond donors (Lipinski definition) is 2. The van der Waals surface area contributed by atoms with Crippen molar-refractivity contribution in [1.82, 2.24) is 10.2 Å². The quantitative estimate of drug-likeness (QED) is 0.423. The minimum atomic E-state index is 0. The van der Waals surface area contributed by atoms with Gasteiger partial charge in [-0.3, -0.25) is 14.9 Å². The fourth-order valence-corrected chi connectivity index (χ4v) is 0.764. The van der Waals surface area contributed by atoms with Crippen LogP contribution in [0.3, 0.4) is 0 Å². The van der Waals surface area contributed by atoms with Gasteiger partial charge in [-0.1, -0.05) is 0 Å². The van der Waals surface area contributed by atoms with E-state index in [-0.39, 0.29) is 1.43 Å². The SMILES string of the molecule is CCNC(=NC)N(C)C(N)=NC.[HH]. The van der Waals surface area contributed by atoms with Crippen LogP contribution in [0.1, 0.15) is 8.35 Å². The molecule has 0 bridgehead atoms. The lowest BCUT2D eigenvalue weighted by atomic mass is 10.6. The first-order valence-electron chi connectivity index (χ1n) is 3.84. The van der Waals surface area contributed by atoms with Crippen molar-refractivity contribution >= 4 is 11.9 Å². The van der Waals surface area contributed by atoms with Crippen molar-refractivity contribution in [3.63, 3.8) is 0 Å². The standard InChI is InChI=1S/C7H17N5.H2/c1-5-11-7(10-3)12(4)6(8)9-2;/h5H2,1-4H3,(H2,8,9)(H,10,11);1H. The lowest BCUT2D eigenvalue weighted by Gasteiger charge is -2.19. The van der Waals surface area contributed by atoms with E-state index in [0.29, 0.717) is 5.96 Å². The third-order valence-electron chi connectivity index (χ3n) is 1.44. The average molecular weight is 173 g/mol. The van der Waals surface area contributed by atoms with Crippen molar-refractivity contribution in [1.29, 1.82) is 0 Å². The normalized spacial score (nSPS) is 13.0. The third-order valence-corrected chi connectivity index (χ3v) is 1.44. The summed E-state index contributed by atoms with van der Waals surface area (Å²) >= 11 is 0. The molecule has 0 radical (unpaired) electrons. The molecule has 5 nitrogen and oxygen atoms in total. The first kappa shape index (κ1) is 10.7. The van der Waals surface area contributed by atoms with E-state index < -0.39 is 0 Å².